The molecule has 0 aromatic carbocycles. The summed E-state index contributed by atoms with van der Waals surface area (Å²) in [6.45, 7) is 9.69. The van der Waals surface area contributed by atoms with E-state index >= 15 is 0 Å². The van der Waals surface area contributed by atoms with Gasteiger partial charge in [0, 0.05) is 6.04 Å². The second kappa shape index (κ2) is 4.97. The molecule has 1 N–H and O–H groups in total. The van der Waals surface area contributed by atoms with Gasteiger partial charge in [0.2, 0.25) is 5.91 Å². The minimum absolute atomic E-state index is 0.0584. The number of amides is 1. The standard InChI is InChI=1S/C14H26N2O/c1-5-9(2)13-14(17)16(8-15-13)12-7-6-10(3)11(12)4/h9-13,15H,5-8H2,1-4H3. The van der Waals surface area contributed by atoms with Crippen LogP contribution in [0.1, 0.15) is 47.0 Å². The van der Waals surface area contributed by atoms with E-state index in [1.54, 1.807) is 0 Å². The largest absolute Gasteiger partial charge is 0.325 e. The van der Waals surface area contributed by atoms with Crippen molar-refractivity contribution in [3.63, 3.8) is 0 Å². The van der Waals surface area contributed by atoms with Crippen molar-refractivity contribution in [2.24, 2.45) is 17.8 Å². The van der Waals surface area contributed by atoms with Gasteiger partial charge in [-0.2, -0.15) is 0 Å². The maximum absolute atomic E-state index is 12.4. The van der Waals surface area contributed by atoms with Gasteiger partial charge < -0.3 is 4.90 Å². The maximum atomic E-state index is 12.4. The summed E-state index contributed by atoms with van der Waals surface area (Å²) >= 11 is 0. The summed E-state index contributed by atoms with van der Waals surface area (Å²) < 4.78 is 0. The number of carbonyl (C=O) groups is 1. The van der Waals surface area contributed by atoms with E-state index in [2.05, 4.69) is 37.9 Å². The Bertz CT molecular complexity index is 292. The van der Waals surface area contributed by atoms with Crippen molar-refractivity contribution in [2.75, 3.05) is 6.67 Å². The molecule has 2 aliphatic rings. The first-order valence-corrected chi connectivity index (χ1v) is 7.10. The summed E-state index contributed by atoms with van der Waals surface area (Å²) in [6.07, 6.45) is 3.51. The van der Waals surface area contributed by atoms with Crippen LogP contribution in [0.4, 0.5) is 0 Å². The second-order valence-electron chi connectivity index (χ2n) is 6.01. The molecular weight excluding hydrogens is 212 g/mol. The van der Waals surface area contributed by atoms with Crippen molar-refractivity contribution in [1.29, 1.82) is 0 Å². The molecule has 1 aliphatic carbocycles. The number of hydrogen-bond donors (Lipinski definition) is 1. The minimum atomic E-state index is 0.0584. The molecule has 0 aromatic rings. The van der Waals surface area contributed by atoms with Gasteiger partial charge in [-0.1, -0.05) is 34.1 Å². The number of hydrogen-bond acceptors (Lipinski definition) is 2. The molecule has 5 atom stereocenters. The first-order valence-electron chi connectivity index (χ1n) is 7.10. The van der Waals surface area contributed by atoms with E-state index in [0.29, 0.717) is 23.8 Å². The Labute approximate surface area is 105 Å². The van der Waals surface area contributed by atoms with Gasteiger partial charge in [-0.25, -0.2) is 0 Å². The Kier molecular flexibility index (Phi) is 3.76. The average molecular weight is 238 g/mol. The number of nitrogens with zero attached hydrogens (tertiary/aromatic N) is 1. The Balaban J connectivity index is 2.03. The summed E-state index contributed by atoms with van der Waals surface area (Å²) in [5.41, 5.74) is 0. The van der Waals surface area contributed by atoms with Crippen LogP contribution in [-0.2, 0) is 4.79 Å². The molecule has 17 heavy (non-hydrogen) atoms. The van der Waals surface area contributed by atoms with E-state index in [0.717, 1.165) is 19.0 Å². The molecule has 98 valence electrons. The fourth-order valence-corrected chi connectivity index (χ4v) is 3.28. The molecule has 5 unspecified atom stereocenters. The van der Waals surface area contributed by atoms with E-state index in [9.17, 15) is 4.79 Å². The quantitative estimate of drug-likeness (QED) is 0.817. The first kappa shape index (κ1) is 12.9. The van der Waals surface area contributed by atoms with E-state index < -0.39 is 0 Å². The zero-order valence-corrected chi connectivity index (χ0v) is 11.6. The molecule has 2 rings (SSSR count). The van der Waals surface area contributed by atoms with Gasteiger partial charge in [-0.3, -0.25) is 10.1 Å². The van der Waals surface area contributed by atoms with Crippen molar-refractivity contribution in [3.05, 3.63) is 0 Å². The third kappa shape index (κ3) is 2.22. The van der Waals surface area contributed by atoms with Gasteiger partial charge in [-0.05, 0) is 30.6 Å². The highest BCUT2D eigenvalue weighted by Crippen LogP contribution is 2.36. The van der Waals surface area contributed by atoms with Gasteiger partial charge in [0.15, 0.2) is 0 Å². The van der Waals surface area contributed by atoms with Gasteiger partial charge in [0.05, 0.1) is 12.7 Å². The van der Waals surface area contributed by atoms with Crippen molar-refractivity contribution < 1.29 is 4.79 Å². The fourth-order valence-electron chi connectivity index (χ4n) is 3.28. The van der Waals surface area contributed by atoms with Crippen LogP contribution in [0, 0.1) is 17.8 Å². The molecule has 1 saturated carbocycles. The van der Waals surface area contributed by atoms with Crippen LogP contribution in [0.25, 0.3) is 0 Å². The minimum Gasteiger partial charge on any atom is -0.325 e. The summed E-state index contributed by atoms with van der Waals surface area (Å²) in [6, 6.07) is 0.530. The summed E-state index contributed by atoms with van der Waals surface area (Å²) in [7, 11) is 0. The van der Waals surface area contributed by atoms with E-state index in [1.165, 1.54) is 12.8 Å². The fraction of sp³-hybridized carbons (Fsp3) is 0.929. The number of carbonyl (C=O) groups excluding carboxylic acids is 1. The molecule has 0 bridgehead atoms. The van der Waals surface area contributed by atoms with E-state index in [4.69, 9.17) is 0 Å². The van der Waals surface area contributed by atoms with Gasteiger partial charge >= 0.3 is 0 Å². The molecule has 1 aliphatic heterocycles. The second-order valence-corrected chi connectivity index (χ2v) is 6.01. The van der Waals surface area contributed by atoms with Crippen LogP contribution in [0.3, 0.4) is 0 Å². The predicted octanol–water partition coefficient (Wildman–Crippen LogP) is 2.23. The van der Waals surface area contributed by atoms with Gasteiger partial charge in [0.25, 0.3) is 0 Å². The van der Waals surface area contributed by atoms with Crippen molar-refractivity contribution in [3.8, 4) is 0 Å². The smallest absolute Gasteiger partial charge is 0.241 e. The van der Waals surface area contributed by atoms with E-state index in [1.807, 2.05) is 0 Å². The Morgan fingerprint density at radius 1 is 1.41 bits per heavy atom. The molecule has 0 radical (unpaired) electrons. The predicted molar refractivity (Wildman–Crippen MR) is 69.4 cm³/mol. The van der Waals surface area contributed by atoms with Crippen LogP contribution >= 0.6 is 0 Å². The van der Waals surface area contributed by atoms with Crippen LogP contribution in [-0.4, -0.2) is 29.6 Å². The van der Waals surface area contributed by atoms with Crippen LogP contribution in [0.2, 0.25) is 0 Å². The molecular formula is C14H26N2O. The van der Waals surface area contributed by atoms with Crippen molar-refractivity contribution >= 4 is 5.91 Å². The number of nitrogens with one attached hydrogen (secondary N) is 1. The van der Waals surface area contributed by atoms with Crippen molar-refractivity contribution in [2.45, 2.75) is 59.0 Å². The molecule has 3 heteroatoms. The molecule has 1 amide bonds. The summed E-state index contributed by atoms with van der Waals surface area (Å²) in [4.78, 5) is 14.5. The lowest BCUT2D eigenvalue weighted by molar-refractivity contribution is -0.132. The molecule has 0 spiro atoms. The number of rotatable bonds is 3. The maximum Gasteiger partial charge on any atom is 0.241 e. The van der Waals surface area contributed by atoms with Gasteiger partial charge in [0.1, 0.15) is 0 Å². The van der Waals surface area contributed by atoms with Crippen molar-refractivity contribution in [1.82, 2.24) is 10.2 Å². The zero-order chi connectivity index (χ0) is 12.6. The zero-order valence-electron chi connectivity index (χ0n) is 11.6. The lowest BCUT2D eigenvalue weighted by Gasteiger charge is -2.28. The summed E-state index contributed by atoms with van der Waals surface area (Å²) in [5.74, 6) is 2.19. The topological polar surface area (TPSA) is 32.3 Å². The summed E-state index contributed by atoms with van der Waals surface area (Å²) in [5, 5.41) is 3.40. The third-order valence-corrected chi connectivity index (χ3v) is 5.07. The molecule has 3 nitrogen and oxygen atoms in total. The molecule has 1 saturated heterocycles. The molecule has 0 aromatic heterocycles. The lowest BCUT2D eigenvalue weighted by atomic mass is 9.95. The van der Waals surface area contributed by atoms with E-state index in [-0.39, 0.29) is 6.04 Å². The molecule has 1 heterocycles. The van der Waals surface area contributed by atoms with Crippen LogP contribution < -0.4 is 5.32 Å². The highest BCUT2D eigenvalue weighted by Gasteiger charge is 2.42. The lowest BCUT2D eigenvalue weighted by Crippen LogP contribution is -2.42. The normalized spacial score (nSPS) is 40.0. The highest BCUT2D eigenvalue weighted by atomic mass is 16.2. The average Bonchev–Trinajstić information content (AvgIpc) is 2.84. The van der Waals surface area contributed by atoms with Crippen LogP contribution in [0.15, 0.2) is 0 Å². The first-order chi connectivity index (χ1) is 8.06. The van der Waals surface area contributed by atoms with Crippen LogP contribution in [0.5, 0.6) is 0 Å². The molecule has 2 fully saturated rings. The SMILES string of the molecule is CCC(C)C1NCN(C2CCC(C)C2C)C1=O. The monoisotopic (exact) mass is 238 g/mol. The Morgan fingerprint density at radius 2 is 2.12 bits per heavy atom. The Morgan fingerprint density at radius 3 is 2.65 bits per heavy atom. The van der Waals surface area contributed by atoms with Gasteiger partial charge in [-0.15, -0.1) is 0 Å². The third-order valence-electron chi connectivity index (χ3n) is 5.07. The highest BCUT2D eigenvalue weighted by molar-refractivity contribution is 5.84. The Hall–Kier alpha value is -0.570.